The zero-order chi connectivity index (χ0) is 12.5. The van der Waals surface area contributed by atoms with Crippen molar-refractivity contribution in [2.24, 2.45) is 0 Å². The molecule has 0 aromatic heterocycles. The molecule has 0 heterocycles. The topological polar surface area (TPSA) is 50.4 Å². The van der Waals surface area contributed by atoms with Gasteiger partial charge >= 0.3 is 6.09 Å². The maximum atomic E-state index is 11.1. The first kappa shape index (κ1) is 13.4. The molecule has 0 aliphatic carbocycles. The molecule has 0 radical (unpaired) electrons. The maximum Gasteiger partial charge on any atom is 0.425 e. The molecule has 0 unspecified atom stereocenters. The molecule has 0 spiro atoms. The monoisotopic (exact) mass is 254 g/mol. The lowest BCUT2D eigenvalue weighted by Crippen LogP contribution is -2.36. The lowest BCUT2D eigenvalue weighted by Gasteiger charge is -2.12. The van der Waals surface area contributed by atoms with E-state index in [1.54, 1.807) is 13.0 Å². The van der Waals surface area contributed by atoms with Crippen molar-refractivity contribution in [1.29, 1.82) is 0 Å². The number of nitrogens with one attached hydrogen (secondary N) is 2. The number of alkyl halides is 1. The molecule has 0 aliphatic rings. The highest BCUT2D eigenvalue weighted by atomic mass is 35.5. The summed E-state index contributed by atoms with van der Waals surface area (Å²) in [5, 5.41) is 0. The number of carbonyl (C=O) groups excluding carboxylic acids is 1. The third-order valence-corrected chi connectivity index (χ3v) is 2.10. The van der Waals surface area contributed by atoms with Crippen molar-refractivity contribution in [3.8, 4) is 0 Å². The lowest BCUT2D eigenvalue weighted by molar-refractivity contribution is 0.149. The molecule has 0 saturated carbocycles. The summed E-state index contributed by atoms with van der Waals surface area (Å²) in [4.78, 5) is 11.1. The van der Waals surface area contributed by atoms with Gasteiger partial charge in [0.15, 0.2) is 0 Å². The fourth-order valence-electron chi connectivity index (χ4n) is 1.22. The van der Waals surface area contributed by atoms with Gasteiger partial charge in [-0.05, 0) is 18.6 Å². The highest BCUT2D eigenvalue weighted by Gasteiger charge is 2.03. The van der Waals surface area contributed by atoms with Gasteiger partial charge in [0, 0.05) is 5.88 Å². The molecule has 0 fully saturated rings. The number of carbonyl (C=O) groups is 1. The van der Waals surface area contributed by atoms with Gasteiger partial charge in [-0.15, -0.1) is 11.6 Å². The molecular weight excluding hydrogens is 240 g/mol. The van der Waals surface area contributed by atoms with E-state index in [0.717, 1.165) is 11.3 Å². The molecule has 5 heteroatoms. The van der Waals surface area contributed by atoms with E-state index in [2.05, 4.69) is 10.9 Å². The fraction of sp³-hybridized carbons (Fsp3) is 0.250. The van der Waals surface area contributed by atoms with Crippen LogP contribution in [0.3, 0.4) is 0 Å². The first-order valence-corrected chi connectivity index (χ1v) is 5.81. The Morgan fingerprint density at radius 1 is 1.35 bits per heavy atom. The van der Waals surface area contributed by atoms with Crippen LogP contribution in [-0.4, -0.2) is 18.6 Å². The van der Waals surface area contributed by atoms with Crippen molar-refractivity contribution in [3.05, 3.63) is 42.0 Å². The second-order valence-corrected chi connectivity index (χ2v) is 3.42. The van der Waals surface area contributed by atoms with Crippen molar-refractivity contribution in [1.82, 2.24) is 10.9 Å². The van der Waals surface area contributed by atoms with Crippen molar-refractivity contribution in [2.45, 2.75) is 6.92 Å². The average Bonchev–Trinajstić information content (AvgIpc) is 2.36. The summed E-state index contributed by atoms with van der Waals surface area (Å²) >= 11 is 5.66. The minimum Gasteiger partial charge on any atom is -0.449 e. The van der Waals surface area contributed by atoms with E-state index in [4.69, 9.17) is 16.3 Å². The highest BCUT2D eigenvalue weighted by molar-refractivity contribution is 6.19. The Balaban J connectivity index is 2.63. The molecule has 0 aliphatic heterocycles. The summed E-state index contributed by atoms with van der Waals surface area (Å²) in [5.74, 6) is 0.349. The third-order valence-electron chi connectivity index (χ3n) is 1.94. The largest absolute Gasteiger partial charge is 0.449 e. The number of amides is 1. The van der Waals surface area contributed by atoms with Gasteiger partial charge in [-0.3, -0.25) is 5.43 Å². The Kier molecular flexibility index (Phi) is 5.96. The van der Waals surface area contributed by atoms with E-state index in [1.165, 1.54) is 0 Å². The van der Waals surface area contributed by atoms with Gasteiger partial charge in [-0.2, -0.15) is 0 Å². The molecule has 4 nitrogen and oxygen atoms in total. The second kappa shape index (κ2) is 7.57. The van der Waals surface area contributed by atoms with E-state index in [-0.39, 0.29) is 0 Å². The first-order valence-electron chi connectivity index (χ1n) is 5.28. The van der Waals surface area contributed by atoms with Crippen LogP contribution in [0.5, 0.6) is 0 Å². The zero-order valence-electron chi connectivity index (χ0n) is 9.57. The van der Waals surface area contributed by atoms with Crippen LogP contribution >= 0.6 is 11.6 Å². The maximum absolute atomic E-state index is 11.1. The Bertz CT molecular complexity index is 379. The number of hydrogen-bond acceptors (Lipinski definition) is 3. The van der Waals surface area contributed by atoms with Crippen molar-refractivity contribution < 1.29 is 9.53 Å². The highest BCUT2D eigenvalue weighted by Crippen LogP contribution is 2.10. The molecular formula is C12H15ClN2O2. The van der Waals surface area contributed by atoms with E-state index in [0.29, 0.717) is 12.5 Å². The van der Waals surface area contributed by atoms with Gasteiger partial charge in [0.1, 0.15) is 0 Å². The number of halogens is 1. The number of allylic oxidation sites excluding steroid dienone is 1. The SMILES string of the molecule is CCOC(=O)NN/C(=C\CCl)c1ccccc1. The lowest BCUT2D eigenvalue weighted by atomic mass is 10.1. The standard InChI is InChI=1S/C12H15ClN2O2/c1-2-17-12(16)15-14-11(8-9-13)10-6-4-3-5-7-10/h3-8,14H,2,9H2,1H3,(H,15,16)/b11-8-. The predicted molar refractivity (Wildman–Crippen MR) is 68.4 cm³/mol. The van der Waals surface area contributed by atoms with Gasteiger partial charge < -0.3 is 4.74 Å². The molecule has 0 atom stereocenters. The molecule has 1 aromatic carbocycles. The van der Waals surface area contributed by atoms with Crippen LogP contribution in [0.25, 0.3) is 5.70 Å². The molecule has 1 rings (SSSR count). The molecule has 0 saturated heterocycles. The van der Waals surface area contributed by atoms with Crippen LogP contribution in [0.15, 0.2) is 36.4 Å². The Hall–Kier alpha value is -1.68. The summed E-state index contributed by atoms with van der Waals surface area (Å²) in [6.45, 7) is 2.07. The van der Waals surface area contributed by atoms with Crippen molar-refractivity contribution >= 4 is 23.4 Å². The summed E-state index contributed by atoms with van der Waals surface area (Å²) < 4.78 is 4.73. The van der Waals surface area contributed by atoms with E-state index in [9.17, 15) is 4.79 Å². The summed E-state index contributed by atoms with van der Waals surface area (Å²) in [5.41, 5.74) is 6.87. The number of hydrogen-bond donors (Lipinski definition) is 2. The second-order valence-electron chi connectivity index (χ2n) is 3.11. The number of rotatable bonds is 5. The molecule has 92 valence electrons. The fourth-order valence-corrected chi connectivity index (χ4v) is 1.38. The Morgan fingerprint density at radius 3 is 2.65 bits per heavy atom. The molecule has 2 N–H and O–H groups in total. The third kappa shape index (κ3) is 4.78. The number of ether oxygens (including phenoxy) is 1. The Morgan fingerprint density at radius 2 is 2.06 bits per heavy atom. The minimum atomic E-state index is -0.524. The molecule has 17 heavy (non-hydrogen) atoms. The van der Waals surface area contributed by atoms with Crippen molar-refractivity contribution in [3.63, 3.8) is 0 Å². The van der Waals surface area contributed by atoms with Crippen LogP contribution < -0.4 is 10.9 Å². The summed E-state index contributed by atoms with van der Waals surface area (Å²) in [6, 6.07) is 9.56. The average molecular weight is 255 g/mol. The molecule has 0 bridgehead atoms. The van der Waals surface area contributed by atoms with Crippen LogP contribution in [-0.2, 0) is 4.74 Å². The zero-order valence-corrected chi connectivity index (χ0v) is 10.3. The van der Waals surface area contributed by atoms with E-state index < -0.39 is 6.09 Å². The van der Waals surface area contributed by atoms with Crippen LogP contribution in [0.2, 0.25) is 0 Å². The van der Waals surface area contributed by atoms with Crippen LogP contribution in [0.1, 0.15) is 12.5 Å². The molecule has 1 amide bonds. The van der Waals surface area contributed by atoms with Crippen molar-refractivity contribution in [2.75, 3.05) is 12.5 Å². The van der Waals surface area contributed by atoms with E-state index in [1.807, 2.05) is 30.3 Å². The van der Waals surface area contributed by atoms with Crippen LogP contribution in [0, 0.1) is 0 Å². The van der Waals surface area contributed by atoms with Gasteiger partial charge in [0.05, 0.1) is 12.3 Å². The van der Waals surface area contributed by atoms with E-state index >= 15 is 0 Å². The van der Waals surface area contributed by atoms with Crippen LogP contribution in [0.4, 0.5) is 4.79 Å². The quantitative estimate of drug-likeness (QED) is 0.627. The van der Waals surface area contributed by atoms with Gasteiger partial charge in [0.25, 0.3) is 0 Å². The number of benzene rings is 1. The van der Waals surface area contributed by atoms with Gasteiger partial charge in [-0.1, -0.05) is 30.3 Å². The number of hydrazine groups is 1. The van der Waals surface area contributed by atoms with Gasteiger partial charge in [-0.25, -0.2) is 10.2 Å². The smallest absolute Gasteiger partial charge is 0.425 e. The van der Waals surface area contributed by atoms with Gasteiger partial charge in [0.2, 0.25) is 0 Å². The predicted octanol–water partition coefficient (Wildman–Crippen LogP) is 2.52. The molecule has 1 aromatic rings. The first-order chi connectivity index (χ1) is 8.27. The summed E-state index contributed by atoms with van der Waals surface area (Å²) in [6.07, 6.45) is 1.24. The minimum absolute atomic E-state index is 0.327. The summed E-state index contributed by atoms with van der Waals surface area (Å²) in [7, 11) is 0. The Labute approximate surface area is 106 Å². The normalized spacial score (nSPS) is 10.8.